The Bertz CT molecular complexity index is 1670. The minimum absolute atomic E-state index is 0.0184. The minimum Gasteiger partial charge on any atom is -0.496 e. The maximum Gasteiger partial charge on any atom is 0.416 e. The Hall–Kier alpha value is -4.44. The molecule has 1 aliphatic heterocycles. The van der Waals surface area contributed by atoms with Gasteiger partial charge in [-0.2, -0.15) is 13.2 Å². The lowest BCUT2D eigenvalue weighted by Gasteiger charge is -2.19. The van der Waals surface area contributed by atoms with E-state index < -0.39 is 46.8 Å². The number of hydrogen-bond acceptors (Lipinski definition) is 3. The molecule has 0 saturated carbocycles. The molecule has 1 atom stereocenters. The molecule has 0 aromatic heterocycles. The third-order valence-electron chi connectivity index (χ3n) is 6.41. The highest BCUT2D eigenvalue weighted by Gasteiger charge is 2.36. The Labute approximate surface area is 229 Å². The lowest BCUT2D eigenvalue weighted by Crippen LogP contribution is -2.21. The molecule has 0 aliphatic carbocycles. The average Bonchev–Trinajstić information content (AvgIpc) is 3.25. The van der Waals surface area contributed by atoms with Gasteiger partial charge >= 0.3 is 6.18 Å². The van der Waals surface area contributed by atoms with Gasteiger partial charge in [0.05, 0.1) is 18.7 Å². The normalized spacial score (nSPS) is 14.5. The number of halogens is 6. The standard InChI is InChI=1S/C29H18ClF5N2O3/c1-40-24-5-3-2-4-19(24)14-10-21-25(26(37-28(21)39)20-13-17(31)6-7-22(20)30)23(11-14)36-27(38)15-8-16(29(33,34)35)12-18(32)9-15/h2-13,26H,1H3,(H,36,38)(H,37,39). The molecule has 1 heterocycles. The molecule has 4 aromatic carbocycles. The maximum absolute atomic E-state index is 14.2. The van der Waals surface area contributed by atoms with Gasteiger partial charge < -0.3 is 15.4 Å². The molecule has 1 aliphatic rings. The van der Waals surface area contributed by atoms with Crippen molar-refractivity contribution in [3.63, 3.8) is 0 Å². The summed E-state index contributed by atoms with van der Waals surface area (Å²) >= 11 is 6.32. The van der Waals surface area contributed by atoms with E-state index in [0.29, 0.717) is 29.0 Å². The second-order valence-corrected chi connectivity index (χ2v) is 9.35. The van der Waals surface area contributed by atoms with Crippen LogP contribution in [0, 0.1) is 11.6 Å². The summed E-state index contributed by atoms with van der Waals surface area (Å²) in [6.07, 6.45) is -4.89. The number of carbonyl (C=O) groups is 2. The summed E-state index contributed by atoms with van der Waals surface area (Å²) in [6.45, 7) is 0. The van der Waals surface area contributed by atoms with Crippen LogP contribution in [0.4, 0.5) is 27.6 Å². The number of rotatable bonds is 5. The van der Waals surface area contributed by atoms with Crippen molar-refractivity contribution in [3.8, 4) is 16.9 Å². The molecular weight excluding hydrogens is 555 g/mol. The van der Waals surface area contributed by atoms with E-state index in [-0.39, 0.29) is 33.5 Å². The number of benzene rings is 4. The SMILES string of the molecule is COc1ccccc1-c1cc(NC(=O)c2cc(F)cc(C(F)(F)F)c2)c2c(c1)C(=O)NC2c1cc(F)ccc1Cl. The van der Waals surface area contributed by atoms with Crippen molar-refractivity contribution in [2.24, 2.45) is 0 Å². The van der Waals surface area contributed by atoms with E-state index in [1.54, 1.807) is 30.3 Å². The van der Waals surface area contributed by atoms with Gasteiger partial charge in [0, 0.05) is 38.5 Å². The lowest BCUT2D eigenvalue weighted by atomic mass is 9.92. The van der Waals surface area contributed by atoms with Crippen LogP contribution in [0.3, 0.4) is 0 Å². The molecular formula is C29H18ClF5N2O3. The van der Waals surface area contributed by atoms with Gasteiger partial charge in [-0.1, -0.05) is 29.8 Å². The van der Waals surface area contributed by atoms with E-state index in [0.717, 1.165) is 12.1 Å². The van der Waals surface area contributed by atoms with Gasteiger partial charge in [-0.05, 0) is 60.2 Å². The van der Waals surface area contributed by atoms with E-state index in [9.17, 15) is 31.5 Å². The predicted octanol–water partition coefficient (Wildman–Crippen LogP) is 7.40. The maximum atomic E-state index is 14.2. The monoisotopic (exact) mass is 572 g/mol. The summed E-state index contributed by atoms with van der Waals surface area (Å²) in [5.74, 6) is -3.06. The number of amides is 2. The van der Waals surface area contributed by atoms with Crippen LogP contribution >= 0.6 is 11.6 Å². The number of carbonyl (C=O) groups excluding carboxylic acids is 2. The topological polar surface area (TPSA) is 67.4 Å². The van der Waals surface area contributed by atoms with Crippen molar-refractivity contribution in [1.29, 1.82) is 0 Å². The first-order valence-corrected chi connectivity index (χ1v) is 12.1. The summed E-state index contributed by atoms with van der Waals surface area (Å²) < 4.78 is 73.5. The van der Waals surface area contributed by atoms with Crippen molar-refractivity contribution >= 4 is 29.1 Å². The van der Waals surface area contributed by atoms with Crippen molar-refractivity contribution in [1.82, 2.24) is 5.32 Å². The molecule has 5 nitrogen and oxygen atoms in total. The third-order valence-corrected chi connectivity index (χ3v) is 6.76. The Morgan fingerprint density at radius 1 is 0.950 bits per heavy atom. The highest BCUT2D eigenvalue weighted by molar-refractivity contribution is 6.31. The van der Waals surface area contributed by atoms with Crippen molar-refractivity contribution in [2.45, 2.75) is 12.2 Å². The van der Waals surface area contributed by atoms with Crippen LogP contribution in [0.15, 0.2) is 72.8 Å². The Balaban J connectivity index is 1.69. The molecule has 40 heavy (non-hydrogen) atoms. The second kappa shape index (κ2) is 10.3. The molecule has 2 N–H and O–H groups in total. The summed E-state index contributed by atoms with van der Waals surface area (Å²) in [5, 5.41) is 5.37. The average molecular weight is 573 g/mol. The van der Waals surface area contributed by atoms with E-state index in [1.807, 2.05) is 0 Å². The summed E-state index contributed by atoms with van der Waals surface area (Å²) in [4.78, 5) is 26.3. The highest BCUT2D eigenvalue weighted by atomic mass is 35.5. The zero-order chi connectivity index (χ0) is 28.8. The minimum atomic E-state index is -4.89. The molecule has 0 fully saturated rings. The Kier molecular flexibility index (Phi) is 6.97. The fourth-order valence-electron chi connectivity index (χ4n) is 4.62. The smallest absolute Gasteiger partial charge is 0.416 e. The quantitative estimate of drug-likeness (QED) is 0.245. The first-order chi connectivity index (χ1) is 19.0. The summed E-state index contributed by atoms with van der Waals surface area (Å²) in [7, 11) is 1.45. The zero-order valence-corrected chi connectivity index (χ0v) is 21.3. The van der Waals surface area contributed by atoms with Crippen molar-refractivity contribution in [2.75, 3.05) is 12.4 Å². The van der Waals surface area contributed by atoms with Gasteiger partial charge in [-0.15, -0.1) is 0 Å². The van der Waals surface area contributed by atoms with Crippen LogP contribution < -0.4 is 15.4 Å². The number of hydrogen-bond donors (Lipinski definition) is 2. The van der Waals surface area contributed by atoms with Crippen LogP contribution in [0.25, 0.3) is 11.1 Å². The number of fused-ring (bicyclic) bond motifs is 1. The molecule has 4 aromatic rings. The number of anilines is 1. The largest absolute Gasteiger partial charge is 0.496 e. The fraction of sp³-hybridized carbons (Fsp3) is 0.103. The van der Waals surface area contributed by atoms with E-state index in [1.165, 1.54) is 19.2 Å². The number of alkyl halides is 3. The summed E-state index contributed by atoms with van der Waals surface area (Å²) in [5.41, 5.74) is -0.426. The molecule has 0 spiro atoms. The lowest BCUT2D eigenvalue weighted by molar-refractivity contribution is -0.137. The van der Waals surface area contributed by atoms with E-state index in [4.69, 9.17) is 16.3 Å². The van der Waals surface area contributed by atoms with E-state index in [2.05, 4.69) is 10.6 Å². The van der Waals surface area contributed by atoms with Gasteiger partial charge in [0.15, 0.2) is 0 Å². The summed E-state index contributed by atoms with van der Waals surface area (Å²) in [6, 6.07) is 13.9. The molecule has 1 unspecified atom stereocenters. The first kappa shape index (κ1) is 27.1. The molecule has 204 valence electrons. The fourth-order valence-corrected chi connectivity index (χ4v) is 4.85. The number of ether oxygens (including phenoxy) is 1. The third kappa shape index (κ3) is 5.10. The number of methoxy groups -OCH3 is 1. The Morgan fingerprint density at radius 3 is 2.42 bits per heavy atom. The van der Waals surface area contributed by atoms with Gasteiger partial charge in [0.1, 0.15) is 17.4 Å². The molecule has 0 saturated heterocycles. The van der Waals surface area contributed by atoms with Crippen molar-refractivity contribution in [3.05, 3.63) is 117 Å². The Morgan fingerprint density at radius 2 is 1.70 bits per heavy atom. The second-order valence-electron chi connectivity index (χ2n) is 8.94. The first-order valence-electron chi connectivity index (χ1n) is 11.7. The van der Waals surface area contributed by atoms with Gasteiger partial charge in [-0.3, -0.25) is 9.59 Å². The van der Waals surface area contributed by atoms with Crippen LogP contribution in [0.2, 0.25) is 5.02 Å². The number of nitrogens with one attached hydrogen (secondary N) is 2. The van der Waals surface area contributed by atoms with Gasteiger partial charge in [-0.25, -0.2) is 8.78 Å². The van der Waals surface area contributed by atoms with Crippen LogP contribution in [0.5, 0.6) is 5.75 Å². The van der Waals surface area contributed by atoms with Crippen LogP contribution in [0.1, 0.15) is 43.4 Å². The van der Waals surface area contributed by atoms with Crippen LogP contribution in [-0.2, 0) is 6.18 Å². The van der Waals surface area contributed by atoms with Gasteiger partial charge in [0.25, 0.3) is 11.8 Å². The highest BCUT2D eigenvalue weighted by Crippen LogP contribution is 2.43. The molecule has 0 bridgehead atoms. The van der Waals surface area contributed by atoms with Crippen molar-refractivity contribution < 1.29 is 36.3 Å². The zero-order valence-electron chi connectivity index (χ0n) is 20.5. The number of para-hydroxylation sites is 1. The van der Waals surface area contributed by atoms with Gasteiger partial charge in [0.2, 0.25) is 0 Å². The molecule has 0 radical (unpaired) electrons. The predicted molar refractivity (Wildman–Crippen MR) is 139 cm³/mol. The molecule has 11 heteroatoms. The molecule has 2 amide bonds. The van der Waals surface area contributed by atoms with Crippen LogP contribution in [-0.4, -0.2) is 18.9 Å². The molecule has 5 rings (SSSR count). The van der Waals surface area contributed by atoms with E-state index >= 15 is 0 Å².